The van der Waals surface area contributed by atoms with Crippen molar-refractivity contribution in [3.63, 3.8) is 0 Å². The number of hydrogen-bond acceptors (Lipinski definition) is 4. The van der Waals surface area contributed by atoms with Crippen molar-refractivity contribution in [3.8, 4) is 0 Å². The fourth-order valence-electron chi connectivity index (χ4n) is 2.75. The molecule has 0 unspecified atom stereocenters. The number of aromatic nitrogens is 2. The van der Waals surface area contributed by atoms with E-state index in [1.807, 2.05) is 62.4 Å². The smallest absolute Gasteiger partial charge is 0.262 e. The summed E-state index contributed by atoms with van der Waals surface area (Å²) in [5.74, 6) is -0.0458. The molecule has 0 bridgehead atoms. The predicted octanol–water partition coefficient (Wildman–Crippen LogP) is 3.45. The van der Waals surface area contributed by atoms with Gasteiger partial charge >= 0.3 is 0 Å². The molecule has 3 aromatic rings. The Morgan fingerprint density at radius 3 is 2.59 bits per heavy atom. The lowest BCUT2D eigenvalue weighted by atomic mass is 10.2. The van der Waals surface area contributed by atoms with Crippen LogP contribution in [-0.2, 0) is 11.3 Å². The Morgan fingerprint density at radius 2 is 1.85 bits per heavy atom. The Bertz CT molecular complexity index is 986. The highest BCUT2D eigenvalue weighted by molar-refractivity contribution is 8.00. The number of rotatable bonds is 7. The summed E-state index contributed by atoms with van der Waals surface area (Å²) in [6.07, 6.45) is 0.885. The van der Waals surface area contributed by atoms with E-state index >= 15 is 0 Å². The van der Waals surface area contributed by atoms with Crippen molar-refractivity contribution in [2.24, 2.45) is 0 Å². The SMILES string of the molecule is CCCNC(=O)[C@@H](C)Sc1nc2ccccc2c(=O)n1Cc1ccccc1. The van der Waals surface area contributed by atoms with Gasteiger partial charge in [0.1, 0.15) is 0 Å². The molecule has 140 valence electrons. The first-order valence-electron chi connectivity index (χ1n) is 9.08. The Labute approximate surface area is 162 Å². The number of amides is 1. The quantitative estimate of drug-likeness (QED) is 0.503. The van der Waals surface area contributed by atoms with Crippen molar-refractivity contribution in [3.05, 3.63) is 70.5 Å². The van der Waals surface area contributed by atoms with E-state index in [2.05, 4.69) is 10.3 Å². The molecule has 2 aromatic carbocycles. The highest BCUT2D eigenvalue weighted by Gasteiger charge is 2.19. The van der Waals surface area contributed by atoms with Gasteiger partial charge in [0.2, 0.25) is 5.91 Å². The summed E-state index contributed by atoms with van der Waals surface area (Å²) < 4.78 is 1.66. The van der Waals surface area contributed by atoms with E-state index in [-0.39, 0.29) is 16.7 Å². The van der Waals surface area contributed by atoms with E-state index in [0.717, 1.165) is 12.0 Å². The monoisotopic (exact) mass is 381 g/mol. The van der Waals surface area contributed by atoms with Crippen LogP contribution in [0.15, 0.2) is 64.5 Å². The molecule has 0 aliphatic carbocycles. The standard InChI is InChI=1S/C21H23N3O2S/c1-3-13-22-19(25)15(2)27-21-23-18-12-8-7-11-17(18)20(26)24(21)14-16-9-5-4-6-10-16/h4-12,15H,3,13-14H2,1-2H3,(H,22,25)/t15-/m1/s1. The zero-order chi connectivity index (χ0) is 19.2. The number of para-hydroxylation sites is 1. The number of benzene rings is 2. The fraction of sp³-hybridized carbons (Fsp3) is 0.286. The highest BCUT2D eigenvalue weighted by atomic mass is 32.2. The minimum atomic E-state index is -0.341. The molecule has 0 fully saturated rings. The summed E-state index contributed by atoms with van der Waals surface area (Å²) in [4.78, 5) is 30.0. The van der Waals surface area contributed by atoms with Crippen LogP contribution in [0.2, 0.25) is 0 Å². The molecular weight excluding hydrogens is 358 g/mol. The highest BCUT2D eigenvalue weighted by Crippen LogP contribution is 2.23. The largest absolute Gasteiger partial charge is 0.355 e. The fourth-order valence-corrected chi connectivity index (χ4v) is 3.68. The van der Waals surface area contributed by atoms with Gasteiger partial charge in [0.15, 0.2) is 5.16 Å². The Hall–Kier alpha value is -2.60. The molecule has 6 heteroatoms. The minimum Gasteiger partial charge on any atom is -0.355 e. The molecule has 1 N–H and O–H groups in total. The summed E-state index contributed by atoms with van der Waals surface area (Å²) in [5, 5.41) is 3.70. The van der Waals surface area contributed by atoms with Gasteiger partial charge in [0.25, 0.3) is 5.56 Å². The number of thioether (sulfide) groups is 1. The second-order valence-corrected chi connectivity index (χ2v) is 7.65. The summed E-state index contributed by atoms with van der Waals surface area (Å²) in [7, 11) is 0. The zero-order valence-corrected chi connectivity index (χ0v) is 16.3. The molecular formula is C21H23N3O2S. The van der Waals surface area contributed by atoms with E-state index in [1.165, 1.54) is 11.8 Å². The van der Waals surface area contributed by atoms with Gasteiger partial charge in [-0.25, -0.2) is 4.98 Å². The van der Waals surface area contributed by atoms with Gasteiger partial charge in [-0.05, 0) is 31.0 Å². The van der Waals surface area contributed by atoms with Gasteiger partial charge in [-0.2, -0.15) is 0 Å². The lowest BCUT2D eigenvalue weighted by molar-refractivity contribution is -0.120. The van der Waals surface area contributed by atoms with E-state index in [1.54, 1.807) is 10.6 Å². The lowest BCUT2D eigenvalue weighted by Gasteiger charge is -2.16. The topological polar surface area (TPSA) is 64.0 Å². The van der Waals surface area contributed by atoms with E-state index < -0.39 is 0 Å². The average molecular weight is 382 g/mol. The molecule has 1 amide bonds. The van der Waals surface area contributed by atoms with Crippen molar-refractivity contribution in [1.82, 2.24) is 14.9 Å². The number of nitrogens with zero attached hydrogens (tertiary/aromatic N) is 2. The molecule has 0 saturated heterocycles. The molecule has 5 nitrogen and oxygen atoms in total. The van der Waals surface area contributed by atoms with Crippen LogP contribution in [0.3, 0.4) is 0 Å². The molecule has 1 atom stereocenters. The molecule has 1 heterocycles. The third-order valence-corrected chi connectivity index (χ3v) is 5.30. The number of fused-ring (bicyclic) bond motifs is 1. The molecule has 3 rings (SSSR count). The van der Waals surface area contributed by atoms with Crippen LogP contribution in [0, 0.1) is 0 Å². The molecule has 0 aliphatic rings. The van der Waals surface area contributed by atoms with Gasteiger partial charge in [0, 0.05) is 6.54 Å². The maximum atomic E-state index is 13.1. The second-order valence-electron chi connectivity index (χ2n) is 6.34. The molecule has 0 saturated carbocycles. The van der Waals surface area contributed by atoms with Crippen molar-refractivity contribution >= 4 is 28.6 Å². The van der Waals surface area contributed by atoms with Crippen molar-refractivity contribution in [2.45, 2.75) is 37.2 Å². The summed E-state index contributed by atoms with van der Waals surface area (Å²) >= 11 is 1.32. The molecule has 1 aromatic heterocycles. The molecule has 27 heavy (non-hydrogen) atoms. The molecule has 0 spiro atoms. The van der Waals surface area contributed by atoms with Crippen LogP contribution >= 0.6 is 11.8 Å². The lowest BCUT2D eigenvalue weighted by Crippen LogP contribution is -2.32. The maximum Gasteiger partial charge on any atom is 0.262 e. The summed E-state index contributed by atoms with van der Waals surface area (Å²) in [5.41, 5.74) is 1.57. The maximum absolute atomic E-state index is 13.1. The van der Waals surface area contributed by atoms with Gasteiger partial charge in [0.05, 0.1) is 22.7 Å². The number of carbonyl (C=O) groups excluding carboxylic acids is 1. The number of nitrogens with one attached hydrogen (secondary N) is 1. The van der Waals surface area contributed by atoms with Crippen molar-refractivity contribution in [2.75, 3.05) is 6.54 Å². The van der Waals surface area contributed by atoms with Crippen LogP contribution in [-0.4, -0.2) is 27.3 Å². The summed E-state index contributed by atoms with van der Waals surface area (Å²) in [6.45, 7) is 4.92. The first-order valence-corrected chi connectivity index (χ1v) is 9.96. The summed E-state index contributed by atoms with van der Waals surface area (Å²) in [6, 6.07) is 17.1. The van der Waals surface area contributed by atoms with E-state index in [9.17, 15) is 9.59 Å². The minimum absolute atomic E-state index is 0.0458. The molecule has 0 radical (unpaired) electrons. The van der Waals surface area contributed by atoms with Gasteiger partial charge in [-0.1, -0.05) is 61.2 Å². The van der Waals surface area contributed by atoms with E-state index in [0.29, 0.717) is 29.1 Å². The van der Waals surface area contributed by atoms with E-state index in [4.69, 9.17) is 0 Å². The van der Waals surface area contributed by atoms with Gasteiger partial charge < -0.3 is 5.32 Å². The Morgan fingerprint density at radius 1 is 1.15 bits per heavy atom. The first-order chi connectivity index (χ1) is 13.1. The third kappa shape index (κ3) is 4.57. The van der Waals surface area contributed by atoms with Crippen LogP contribution in [0.25, 0.3) is 10.9 Å². The van der Waals surface area contributed by atoms with Gasteiger partial charge in [-0.3, -0.25) is 14.2 Å². The van der Waals surface area contributed by atoms with Crippen molar-refractivity contribution in [1.29, 1.82) is 0 Å². The second kappa shape index (κ2) is 8.86. The van der Waals surface area contributed by atoms with Crippen molar-refractivity contribution < 1.29 is 4.79 Å². The van der Waals surface area contributed by atoms with Crippen LogP contribution in [0.5, 0.6) is 0 Å². The molecule has 0 aliphatic heterocycles. The van der Waals surface area contributed by atoms with Gasteiger partial charge in [-0.15, -0.1) is 0 Å². The number of hydrogen-bond donors (Lipinski definition) is 1. The Kier molecular flexibility index (Phi) is 6.29. The number of carbonyl (C=O) groups is 1. The predicted molar refractivity (Wildman–Crippen MR) is 110 cm³/mol. The normalized spacial score (nSPS) is 12.1. The van der Waals surface area contributed by atoms with Crippen LogP contribution in [0.4, 0.5) is 0 Å². The third-order valence-electron chi connectivity index (χ3n) is 4.21. The van der Waals surface area contributed by atoms with Crippen LogP contribution in [0.1, 0.15) is 25.8 Å². The average Bonchev–Trinajstić information content (AvgIpc) is 2.69. The zero-order valence-electron chi connectivity index (χ0n) is 15.5. The van der Waals surface area contributed by atoms with Crippen LogP contribution < -0.4 is 10.9 Å². The Balaban J connectivity index is 2.00. The first kappa shape index (κ1) is 19.2.